The zero-order valence-electron chi connectivity index (χ0n) is 24.1. The van der Waals surface area contributed by atoms with E-state index in [9.17, 15) is 22.4 Å². The number of imidazole rings is 1. The van der Waals surface area contributed by atoms with Gasteiger partial charge in [-0.05, 0) is 50.1 Å². The smallest absolute Gasteiger partial charge is 0.326 e. The maximum absolute atomic E-state index is 14.5. The number of aromatic amines is 1. The summed E-state index contributed by atoms with van der Waals surface area (Å²) in [5, 5.41) is -0.340. The van der Waals surface area contributed by atoms with Gasteiger partial charge in [0.2, 0.25) is 11.9 Å². The molecule has 2 aliphatic heterocycles. The van der Waals surface area contributed by atoms with E-state index < -0.39 is 9.84 Å². The molecule has 11 nitrogen and oxygen atoms in total. The van der Waals surface area contributed by atoms with Gasteiger partial charge in [-0.2, -0.15) is 0 Å². The Balaban J connectivity index is 1.16. The maximum Gasteiger partial charge on any atom is 0.326 e. The molecular formula is C30H34FN7O4S. The van der Waals surface area contributed by atoms with Gasteiger partial charge in [-0.25, -0.2) is 27.6 Å². The number of piperidine rings is 1. The highest BCUT2D eigenvalue weighted by Gasteiger charge is 2.30. The van der Waals surface area contributed by atoms with Crippen molar-refractivity contribution in [2.24, 2.45) is 0 Å². The number of carbonyl (C=O) groups is 1. The predicted molar refractivity (Wildman–Crippen MR) is 163 cm³/mol. The number of anilines is 2. The molecule has 2 saturated heterocycles. The first-order valence-electron chi connectivity index (χ1n) is 14.4. The molecule has 13 heteroatoms. The SMILES string of the molecule is CC1CN(c2ccc(F)cc2-c2cnc(N3CCC(S(C)(=O)=O)CC3)nc2)CCN1C(=O)Cn1c(=O)[nH]c2ccccc21. The summed E-state index contributed by atoms with van der Waals surface area (Å²) < 4.78 is 39.7. The zero-order chi connectivity index (χ0) is 30.3. The Morgan fingerprint density at radius 3 is 2.44 bits per heavy atom. The quantitative estimate of drug-likeness (QED) is 0.355. The lowest BCUT2D eigenvalue weighted by atomic mass is 10.0. The van der Waals surface area contributed by atoms with E-state index >= 15 is 0 Å². The van der Waals surface area contributed by atoms with E-state index in [2.05, 4.69) is 19.9 Å². The summed E-state index contributed by atoms with van der Waals surface area (Å²) in [6, 6.07) is 11.8. The van der Waals surface area contributed by atoms with Crippen molar-refractivity contribution in [3.8, 4) is 11.1 Å². The lowest BCUT2D eigenvalue weighted by Gasteiger charge is -2.41. The molecule has 2 aromatic heterocycles. The van der Waals surface area contributed by atoms with E-state index in [-0.39, 0.29) is 35.3 Å². The fraction of sp³-hybridized carbons (Fsp3) is 0.400. The molecule has 0 radical (unpaired) electrons. The minimum absolute atomic E-state index is 0.0510. The molecule has 1 atom stereocenters. The van der Waals surface area contributed by atoms with Gasteiger partial charge >= 0.3 is 5.69 Å². The van der Waals surface area contributed by atoms with E-state index in [1.807, 2.05) is 36.1 Å². The van der Waals surface area contributed by atoms with Gasteiger partial charge in [0.15, 0.2) is 0 Å². The van der Waals surface area contributed by atoms with Crippen molar-refractivity contribution in [3.63, 3.8) is 0 Å². The standard InChI is InChI=1S/C30H34FN7O4S/c1-20-18-36(13-14-37(20)28(39)19-38-27-6-4-3-5-25(27)34-30(38)40)26-8-7-22(31)15-24(26)21-16-32-29(33-17-21)35-11-9-23(10-12-35)43(2,41)42/h3-8,15-17,20,23H,9-14,18-19H2,1-2H3,(H,34,40). The number of piperazine rings is 1. The van der Waals surface area contributed by atoms with Crippen molar-refractivity contribution < 1.29 is 17.6 Å². The first kappa shape index (κ1) is 28.8. The van der Waals surface area contributed by atoms with Crippen molar-refractivity contribution in [1.29, 1.82) is 0 Å². The number of halogens is 1. The van der Waals surface area contributed by atoms with E-state index in [0.29, 0.717) is 73.7 Å². The van der Waals surface area contributed by atoms with Gasteiger partial charge in [0.25, 0.3) is 0 Å². The van der Waals surface area contributed by atoms with Gasteiger partial charge in [0.1, 0.15) is 22.2 Å². The summed E-state index contributed by atoms with van der Waals surface area (Å²) in [5.74, 6) is 0.00306. The topological polar surface area (TPSA) is 124 Å². The number of nitrogens with one attached hydrogen (secondary N) is 1. The average molecular weight is 608 g/mol. The summed E-state index contributed by atoms with van der Waals surface area (Å²) in [6.45, 7) is 4.54. The summed E-state index contributed by atoms with van der Waals surface area (Å²) in [7, 11) is -3.07. The third kappa shape index (κ3) is 5.85. The summed E-state index contributed by atoms with van der Waals surface area (Å²) >= 11 is 0. The number of para-hydroxylation sites is 2. The number of fused-ring (bicyclic) bond motifs is 1. The number of sulfone groups is 1. The molecular weight excluding hydrogens is 573 g/mol. The van der Waals surface area contributed by atoms with Crippen molar-refractivity contribution >= 4 is 38.4 Å². The molecule has 6 rings (SSSR count). The fourth-order valence-electron chi connectivity index (χ4n) is 6.16. The lowest BCUT2D eigenvalue weighted by molar-refractivity contribution is -0.134. The van der Waals surface area contributed by atoms with Crippen LogP contribution in [0.2, 0.25) is 0 Å². The summed E-state index contributed by atoms with van der Waals surface area (Å²) in [5.41, 5.74) is 3.20. The zero-order valence-corrected chi connectivity index (χ0v) is 24.9. The Kier molecular flexibility index (Phi) is 7.67. The third-order valence-electron chi connectivity index (χ3n) is 8.50. The number of hydrogen-bond acceptors (Lipinski definition) is 8. The second-order valence-corrected chi connectivity index (χ2v) is 13.7. The second kappa shape index (κ2) is 11.4. The highest BCUT2D eigenvalue weighted by molar-refractivity contribution is 7.91. The monoisotopic (exact) mass is 607 g/mol. The van der Waals surface area contributed by atoms with Crippen LogP contribution in [-0.4, -0.2) is 89.0 Å². The van der Waals surface area contributed by atoms with Crippen molar-refractivity contribution in [3.05, 3.63) is 71.2 Å². The molecule has 2 fully saturated rings. The molecule has 226 valence electrons. The molecule has 2 aromatic carbocycles. The molecule has 0 spiro atoms. The molecule has 4 aromatic rings. The minimum Gasteiger partial charge on any atom is -0.367 e. The molecule has 0 bridgehead atoms. The number of carbonyl (C=O) groups excluding carboxylic acids is 1. The van der Waals surface area contributed by atoms with Gasteiger partial charge in [0, 0.05) is 74.2 Å². The van der Waals surface area contributed by atoms with Crippen LogP contribution < -0.4 is 15.5 Å². The molecule has 1 N–H and O–H groups in total. The van der Waals surface area contributed by atoms with Crippen LogP contribution in [0.1, 0.15) is 19.8 Å². The molecule has 2 aliphatic rings. The first-order valence-corrected chi connectivity index (χ1v) is 16.3. The largest absolute Gasteiger partial charge is 0.367 e. The lowest BCUT2D eigenvalue weighted by Crippen LogP contribution is -2.55. The number of hydrogen-bond donors (Lipinski definition) is 1. The highest BCUT2D eigenvalue weighted by Crippen LogP contribution is 2.33. The minimum atomic E-state index is -3.07. The van der Waals surface area contributed by atoms with E-state index in [1.165, 1.54) is 23.0 Å². The third-order valence-corrected chi connectivity index (χ3v) is 10.2. The van der Waals surface area contributed by atoms with Crippen LogP contribution in [0.15, 0.2) is 59.7 Å². The van der Waals surface area contributed by atoms with Crippen LogP contribution in [0.4, 0.5) is 16.0 Å². The molecule has 0 aliphatic carbocycles. The number of rotatable bonds is 6. The predicted octanol–water partition coefficient (Wildman–Crippen LogP) is 2.68. The van der Waals surface area contributed by atoms with Crippen LogP contribution in [0.3, 0.4) is 0 Å². The number of H-pyrrole nitrogens is 1. The van der Waals surface area contributed by atoms with Crippen molar-refractivity contribution in [2.75, 3.05) is 48.8 Å². The van der Waals surface area contributed by atoms with E-state index in [0.717, 1.165) is 5.69 Å². The van der Waals surface area contributed by atoms with Crippen LogP contribution >= 0.6 is 0 Å². The normalized spacial score (nSPS) is 18.4. The van der Waals surface area contributed by atoms with Gasteiger partial charge in [-0.3, -0.25) is 9.36 Å². The van der Waals surface area contributed by atoms with E-state index in [4.69, 9.17) is 0 Å². The molecule has 0 saturated carbocycles. The van der Waals surface area contributed by atoms with Crippen LogP contribution in [0, 0.1) is 5.82 Å². The average Bonchev–Trinajstić information content (AvgIpc) is 3.31. The fourth-order valence-corrected chi connectivity index (χ4v) is 7.23. The van der Waals surface area contributed by atoms with Gasteiger partial charge in [-0.15, -0.1) is 0 Å². The second-order valence-electron chi connectivity index (χ2n) is 11.4. The molecule has 43 heavy (non-hydrogen) atoms. The van der Waals surface area contributed by atoms with Crippen molar-refractivity contribution in [2.45, 2.75) is 37.6 Å². The summed E-state index contributed by atoms with van der Waals surface area (Å²) in [6.07, 6.45) is 5.69. The van der Waals surface area contributed by atoms with Crippen LogP contribution in [0.5, 0.6) is 0 Å². The van der Waals surface area contributed by atoms with Gasteiger partial charge in [-0.1, -0.05) is 12.1 Å². The molecule has 1 amide bonds. The summed E-state index contributed by atoms with van der Waals surface area (Å²) in [4.78, 5) is 43.6. The Bertz CT molecular complexity index is 1810. The van der Waals surface area contributed by atoms with E-state index in [1.54, 1.807) is 23.4 Å². The Morgan fingerprint density at radius 2 is 1.74 bits per heavy atom. The Labute approximate surface area is 248 Å². The number of nitrogens with zero attached hydrogens (tertiary/aromatic N) is 6. The van der Waals surface area contributed by atoms with Crippen LogP contribution in [0.25, 0.3) is 22.2 Å². The Morgan fingerprint density at radius 1 is 1.02 bits per heavy atom. The Hall–Kier alpha value is -4.26. The molecule has 4 heterocycles. The van der Waals surface area contributed by atoms with Crippen LogP contribution in [-0.2, 0) is 21.2 Å². The molecule has 1 unspecified atom stereocenters. The number of aromatic nitrogens is 4. The number of benzene rings is 2. The number of amides is 1. The van der Waals surface area contributed by atoms with Gasteiger partial charge < -0.3 is 19.7 Å². The van der Waals surface area contributed by atoms with Crippen molar-refractivity contribution in [1.82, 2.24) is 24.4 Å². The van der Waals surface area contributed by atoms with Gasteiger partial charge in [0.05, 0.1) is 16.3 Å². The first-order chi connectivity index (χ1) is 20.6. The maximum atomic E-state index is 14.5. The highest BCUT2D eigenvalue weighted by atomic mass is 32.2.